The van der Waals surface area contributed by atoms with Crippen molar-refractivity contribution in [2.45, 2.75) is 19.5 Å². The third-order valence-electron chi connectivity index (χ3n) is 5.19. The smallest absolute Gasteiger partial charge is 0.234 e. The lowest BCUT2D eigenvalue weighted by molar-refractivity contribution is -0.123. The van der Waals surface area contributed by atoms with Crippen LogP contribution in [0.1, 0.15) is 24.1 Å². The molecule has 1 saturated heterocycles. The van der Waals surface area contributed by atoms with Gasteiger partial charge < -0.3 is 10.1 Å². The average molecular weight is 420 g/mol. The van der Waals surface area contributed by atoms with Crippen molar-refractivity contribution in [1.29, 1.82) is 0 Å². The predicted molar refractivity (Wildman–Crippen MR) is 113 cm³/mol. The Bertz CT molecular complexity index is 841. The van der Waals surface area contributed by atoms with Crippen molar-refractivity contribution in [2.75, 3.05) is 39.8 Å². The second kappa shape index (κ2) is 10.1. The predicted octanol–water partition coefficient (Wildman–Crippen LogP) is 3.48. The minimum absolute atomic E-state index is 0.00211. The summed E-state index contributed by atoms with van der Waals surface area (Å²) < 4.78 is 18.9. The van der Waals surface area contributed by atoms with Crippen LogP contribution in [0.5, 0.6) is 5.75 Å². The number of methoxy groups -OCH3 is 1. The highest BCUT2D eigenvalue weighted by Crippen LogP contribution is 2.22. The van der Waals surface area contributed by atoms with Crippen LogP contribution in [0.3, 0.4) is 0 Å². The van der Waals surface area contributed by atoms with Gasteiger partial charge in [-0.1, -0.05) is 23.7 Å². The summed E-state index contributed by atoms with van der Waals surface area (Å²) in [6.07, 6.45) is 0. The third-order valence-corrected chi connectivity index (χ3v) is 5.43. The van der Waals surface area contributed by atoms with E-state index in [1.54, 1.807) is 13.2 Å². The number of halogens is 2. The summed E-state index contributed by atoms with van der Waals surface area (Å²) in [7, 11) is 1.59. The number of benzene rings is 2. The van der Waals surface area contributed by atoms with E-state index in [0.29, 0.717) is 23.9 Å². The van der Waals surface area contributed by atoms with E-state index >= 15 is 0 Å². The van der Waals surface area contributed by atoms with E-state index in [9.17, 15) is 9.18 Å². The topological polar surface area (TPSA) is 44.8 Å². The van der Waals surface area contributed by atoms with Gasteiger partial charge >= 0.3 is 0 Å². The molecule has 1 atom stereocenters. The molecule has 0 aromatic heterocycles. The first-order chi connectivity index (χ1) is 13.9. The van der Waals surface area contributed by atoms with Gasteiger partial charge in [-0.05, 0) is 42.8 Å². The zero-order chi connectivity index (χ0) is 20.8. The maximum Gasteiger partial charge on any atom is 0.234 e. The number of hydrogen-bond donors (Lipinski definition) is 1. The summed E-state index contributed by atoms with van der Waals surface area (Å²) in [6.45, 7) is 6.16. The van der Waals surface area contributed by atoms with E-state index in [1.165, 1.54) is 12.1 Å². The number of nitrogens with zero attached hydrogens (tertiary/aromatic N) is 2. The van der Waals surface area contributed by atoms with Crippen molar-refractivity contribution in [3.63, 3.8) is 0 Å². The zero-order valence-corrected chi connectivity index (χ0v) is 17.6. The van der Waals surface area contributed by atoms with Crippen LogP contribution in [-0.4, -0.2) is 55.5 Å². The van der Waals surface area contributed by atoms with E-state index < -0.39 is 0 Å². The molecule has 3 rings (SSSR count). The lowest BCUT2D eigenvalue weighted by atomic mass is 10.1. The summed E-state index contributed by atoms with van der Waals surface area (Å²) >= 11 is 6.03. The number of amides is 1. The second-order valence-electron chi connectivity index (χ2n) is 7.35. The Morgan fingerprint density at radius 2 is 1.90 bits per heavy atom. The van der Waals surface area contributed by atoms with Gasteiger partial charge in [0.25, 0.3) is 0 Å². The molecule has 0 radical (unpaired) electrons. The number of hydrogen-bond acceptors (Lipinski definition) is 4. The molecule has 156 valence electrons. The van der Waals surface area contributed by atoms with Crippen molar-refractivity contribution in [3.05, 3.63) is 64.4 Å². The van der Waals surface area contributed by atoms with Crippen molar-refractivity contribution in [2.24, 2.45) is 0 Å². The minimum Gasteiger partial charge on any atom is -0.496 e. The standard InChI is InChI=1S/C22H27ClFN3O2/c1-16(17-4-3-5-19(23)12-17)25-22(28)15-27-10-8-26(9-11-27)14-18-13-20(24)6-7-21(18)29-2/h3-7,12-13,16H,8-11,14-15H2,1-2H3,(H,25,28)/t16-/m0/s1. The Labute approximate surface area is 176 Å². The number of carbonyl (C=O) groups excluding carboxylic acids is 1. The van der Waals surface area contributed by atoms with Crippen LogP contribution >= 0.6 is 11.6 Å². The molecule has 0 saturated carbocycles. The Kier molecular flexibility index (Phi) is 7.47. The molecule has 1 heterocycles. The van der Waals surface area contributed by atoms with Crippen molar-refractivity contribution in [3.8, 4) is 5.75 Å². The van der Waals surface area contributed by atoms with Gasteiger partial charge in [0, 0.05) is 43.3 Å². The molecule has 1 aliphatic rings. The van der Waals surface area contributed by atoms with Gasteiger partial charge in [0.05, 0.1) is 19.7 Å². The number of nitrogens with one attached hydrogen (secondary N) is 1. The second-order valence-corrected chi connectivity index (χ2v) is 7.79. The van der Waals surface area contributed by atoms with Crippen LogP contribution < -0.4 is 10.1 Å². The fraction of sp³-hybridized carbons (Fsp3) is 0.409. The average Bonchev–Trinajstić information content (AvgIpc) is 2.69. The summed E-state index contributed by atoms with van der Waals surface area (Å²) in [5, 5.41) is 3.69. The molecule has 1 amide bonds. The van der Waals surface area contributed by atoms with Crippen molar-refractivity contribution < 1.29 is 13.9 Å². The van der Waals surface area contributed by atoms with E-state index in [0.717, 1.165) is 37.3 Å². The van der Waals surface area contributed by atoms with E-state index in [-0.39, 0.29) is 17.8 Å². The fourth-order valence-corrected chi connectivity index (χ4v) is 3.77. The Morgan fingerprint density at radius 3 is 2.59 bits per heavy atom. The van der Waals surface area contributed by atoms with E-state index in [1.807, 2.05) is 31.2 Å². The number of carbonyl (C=O) groups is 1. The molecule has 7 heteroatoms. The molecule has 0 aliphatic carbocycles. The maximum atomic E-state index is 13.6. The highest BCUT2D eigenvalue weighted by Gasteiger charge is 2.21. The van der Waals surface area contributed by atoms with Crippen LogP contribution in [-0.2, 0) is 11.3 Å². The summed E-state index contributed by atoms with van der Waals surface area (Å²) in [4.78, 5) is 16.8. The van der Waals surface area contributed by atoms with Gasteiger partial charge in [-0.3, -0.25) is 14.6 Å². The Hall–Kier alpha value is -2.15. The van der Waals surface area contributed by atoms with Crippen LogP contribution in [0, 0.1) is 5.82 Å². The quantitative estimate of drug-likeness (QED) is 0.746. The molecule has 1 aliphatic heterocycles. The lowest BCUT2D eigenvalue weighted by Gasteiger charge is -2.34. The highest BCUT2D eigenvalue weighted by molar-refractivity contribution is 6.30. The third kappa shape index (κ3) is 6.16. The van der Waals surface area contributed by atoms with Crippen LogP contribution in [0.2, 0.25) is 5.02 Å². The molecular formula is C22H27ClFN3O2. The summed E-state index contributed by atoms with van der Waals surface area (Å²) in [5.41, 5.74) is 1.83. The molecule has 0 unspecified atom stereocenters. The SMILES string of the molecule is COc1ccc(F)cc1CN1CCN(CC(=O)N[C@@H](C)c2cccc(Cl)c2)CC1. The highest BCUT2D eigenvalue weighted by atomic mass is 35.5. The minimum atomic E-state index is -0.259. The zero-order valence-electron chi connectivity index (χ0n) is 16.8. The van der Waals surface area contributed by atoms with Gasteiger partial charge in [0.1, 0.15) is 11.6 Å². The molecule has 1 N–H and O–H groups in total. The summed E-state index contributed by atoms with van der Waals surface area (Å²) in [6, 6.07) is 12.0. The first kappa shape index (κ1) is 21.6. The first-order valence-electron chi connectivity index (χ1n) is 9.76. The molecule has 1 fully saturated rings. The van der Waals surface area contributed by atoms with Gasteiger partial charge in [-0.2, -0.15) is 0 Å². The van der Waals surface area contributed by atoms with Gasteiger partial charge in [-0.25, -0.2) is 4.39 Å². The molecule has 29 heavy (non-hydrogen) atoms. The molecule has 2 aromatic carbocycles. The van der Waals surface area contributed by atoms with Gasteiger partial charge in [-0.15, -0.1) is 0 Å². The van der Waals surface area contributed by atoms with Gasteiger partial charge in [0.15, 0.2) is 0 Å². The number of piperazine rings is 1. The molecular weight excluding hydrogens is 393 g/mol. The van der Waals surface area contributed by atoms with E-state index in [4.69, 9.17) is 16.3 Å². The van der Waals surface area contributed by atoms with Crippen LogP contribution in [0.25, 0.3) is 0 Å². The summed E-state index contributed by atoms with van der Waals surface area (Å²) in [5.74, 6) is 0.436. The maximum absolute atomic E-state index is 13.6. The Morgan fingerprint density at radius 1 is 1.17 bits per heavy atom. The number of rotatable bonds is 7. The Balaban J connectivity index is 1.46. The molecule has 0 spiro atoms. The normalized spacial score (nSPS) is 16.4. The lowest BCUT2D eigenvalue weighted by Crippen LogP contribution is -2.49. The first-order valence-corrected chi connectivity index (χ1v) is 10.1. The number of ether oxygens (including phenoxy) is 1. The van der Waals surface area contributed by atoms with E-state index in [2.05, 4.69) is 15.1 Å². The molecule has 0 bridgehead atoms. The largest absolute Gasteiger partial charge is 0.496 e. The van der Waals surface area contributed by atoms with Crippen LogP contribution in [0.4, 0.5) is 4.39 Å². The van der Waals surface area contributed by atoms with Crippen molar-refractivity contribution in [1.82, 2.24) is 15.1 Å². The van der Waals surface area contributed by atoms with Gasteiger partial charge in [0.2, 0.25) is 5.91 Å². The monoisotopic (exact) mass is 419 g/mol. The van der Waals surface area contributed by atoms with Crippen molar-refractivity contribution >= 4 is 17.5 Å². The molecule has 5 nitrogen and oxygen atoms in total. The molecule has 2 aromatic rings. The van der Waals surface area contributed by atoms with Crippen LogP contribution in [0.15, 0.2) is 42.5 Å². The fourth-order valence-electron chi connectivity index (χ4n) is 3.57.